The van der Waals surface area contributed by atoms with Gasteiger partial charge in [-0.25, -0.2) is 9.48 Å². The normalized spacial score (nSPS) is 13.2. The molecule has 1 aromatic heterocycles. The van der Waals surface area contributed by atoms with Crippen LogP contribution in [0, 0.1) is 6.92 Å². The van der Waals surface area contributed by atoms with Gasteiger partial charge in [-0.2, -0.15) is 26.4 Å². The van der Waals surface area contributed by atoms with Gasteiger partial charge in [0.15, 0.2) is 5.71 Å². The van der Waals surface area contributed by atoms with Crippen molar-refractivity contribution in [3.63, 3.8) is 0 Å². The molecule has 1 aliphatic rings. The lowest BCUT2D eigenvalue weighted by atomic mass is 9.13. The summed E-state index contributed by atoms with van der Waals surface area (Å²) in [6.07, 6.45) is 2.70. The molecule has 0 unspecified atom stereocenters. The molecule has 284 valence electrons. The SMILES string of the molecule is COC(=O)c1ccc2c(c1)C(C)(C)C(C=Cc1c(C)n(C)n(-c3ccccc3)c1=O)=[N+]2C.c1ccc([B-](c2ccccc2)(c2ccccc2)c2ccccc2)cc1. The van der Waals surface area contributed by atoms with Crippen molar-refractivity contribution >= 4 is 51.4 Å². The van der Waals surface area contributed by atoms with E-state index in [1.807, 2.05) is 80.3 Å². The molecule has 57 heavy (non-hydrogen) atoms. The van der Waals surface area contributed by atoms with Crippen molar-refractivity contribution < 1.29 is 14.1 Å². The van der Waals surface area contributed by atoms with Crippen molar-refractivity contribution in [2.75, 3.05) is 14.2 Å². The number of allylic oxidation sites excluding steroid dienone is 1. The van der Waals surface area contributed by atoms with Gasteiger partial charge in [0.1, 0.15) is 13.2 Å². The zero-order valence-corrected chi connectivity index (χ0v) is 33.5. The number of carbonyl (C=O) groups excluding carboxylic acids is 1. The molecule has 6 nitrogen and oxygen atoms in total. The van der Waals surface area contributed by atoms with E-state index in [2.05, 4.69) is 140 Å². The average Bonchev–Trinajstić information content (AvgIpc) is 3.59. The van der Waals surface area contributed by atoms with Crippen molar-refractivity contribution in [3.8, 4) is 5.69 Å². The maximum Gasteiger partial charge on any atom is 0.337 e. The van der Waals surface area contributed by atoms with E-state index >= 15 is 0 Å². The van der Waals surface area contributed by atoms with Gasteiger partial charge in [-0.15, -0.1) is 0 Å². The number of para-hydroxylation sites is 1. The van der Waals surface area contributed by atoms with Crippen LogP contribution >= 0.6 is 0 Å². The van der Waals surface area contributed by atoms with E-state index < -0.39 is 6.15 Å². The van der Waals surface area contributed by atoms with Crippen LogP contribution in [0.3, 0.4) is 0 Å². The molecular weight excluding hydrogens is 701 g/mol. The lowest BCUT2D eigenvalue weighted by Gasteiger charge is -2.44. The van der Waals surface area contributed by atoms with Crippen LogP contribution in [0.2, 0.25) is 0 Å². The summed E-state index contributed by atoms with van der Waals surface area (Å²) in [4.78, 5) is 25.3. The van der Waals surface area contributed by atoms with E-state index in [1.54, 1.807) is 10.7 Å². The predicted octanol–water partition coefficient (Wildman–Crippen LogP) is 7.05. The molecule has 7 aromatic rings. The molecule has 0 N–H and O–H groups in total. The van der Waals surface area contributed by atoms with Gasteiger partial charge in [0.2, 0.25) is 5.69 Å². The number of benzene rings is 6. The number of rotatable bonds is 8. The highest BCUT2D eigenvalue weighted by molar-refractivity contribution is 7.19. The first-order valence-corrected chi connectivity index (χ1v) is 19.3. The molecule has 0 amide bonds. The Hall–Kier alpha value is -6.73. The van der Waals surface area contributed by atoms with Crippen molar-refractivity contribution in [1.82, 2.24) is 9.36 Å². The largest absolute Gasteiger partial charge is 0.465 e. The maximum atomic E-state index is 13.2. The van der Waals surface area contributed by atoms with E-state index in [0.717, 1.165) is 28.3 Å². The quantitative estimate of drug-likeness (QED) is 0.0951. The van der Waals surface area contributed by atoms with E-state index in [0.29, 0.717) is 11.1 Å². The van der Waals surface area contributed by atoms with Crippen LogP contribution < -0.4 is 27.4 Å². The first-order valence-electron chi connectivity index (χ1n) is 19.3. The third-order valence-electron chi connectivity index (χ3n) is 11.7. The number of methoxy groups -OCH3 is 1. The molecule has 0 saturated carbocycles. The minimum Gasteiger partial charge on any atom is -0.465 e. The van der Waals surface area contributed by atoms with E-state index in [1.165, 1.54) is 29.0 Å². The Bertz CT molecular complexity index is 2470. The third-order valence-corrected chi connectivity index (χ3v) is 11.7. The van der Waals surface area contributed by atoms with Gasteiger partial charge in [0, 0.05) is 30.4 Å². The first-order chi connectivity index (χ1) is 27.6. The molecule has 0 fully saturated rings. The van der Waals surface area contributed by atoms with Crippen LogP contribution in [0.5, 0.6) is 0 Å². The summed E-state index contributed by atoms with van der Waals surface area (Å²) in [5.41, 5.74) is 11.0. The van der Waals surface area contributed by atoms with Gasteiger partial charge in [0.25, 0.3) is 5.56 Å². The number of aromatic nitrogens is 2. The number of nitrogens with zero attached hydrogens (tertiary/aromatic N) is 3. The van der Waals surface area contributed by atoms with Crippen LogP contribution in [0.15, 0.2) is 181 Å². The zero-order valence-electron chi connectivity index (χ0n) is 33.5. The van der Waals surface area contributed by atoms with Gasteiger partial charge >= 0.3 is 5.97 Å². The highest BCUT2D eigenvalue weighted by Gasteiger charge is 2.43. The molecule has 0 spiro atoms. The van der Waals surface area contributed by atoms with Crippen molar-refractivity contribution in [1.29, 1.82) is 0 Å². The van der Waals surface area contributed by atoms with Crippen LogP contribution in [0.25, 0.3) is 11.8 Å². The fraction of sp³-hybridized carbons (Fsp3) is 0.140. The summed E-state index contributed by atoms with van der Waals surface area (Å²) in [5, 5.41) is 0. The zero-order chi connectivity index (χ0) is 40.2. The molecule has 7 heteroatoms. The van der Waals surface area contributed by atoms with Crippen LogP contribution in [-0.2, 0) is 17.2 Å². The van der Waals surface area contributed by atoms with E-state index in [4.69, 9.17) is 4.74 Å². The fourth-order valence-electron chi connectivity index (χ4n) is 8.65. The maximum absolute atomic E-state index is 13.2. The second-order valence-corrected chi connectivity index (χ2v) is 15.1. The van der Waals surface area contributed by atoms with Crippen molar-refractivity contribution in [3.05, 3.63) is 209 Å². The molecule has 0 saturated heterocycles. The molecular formula is C50H48BN3O3. The van der Waals surface area contributed by atoms with E-state index in [-0.39, 0.29) is 16.9 Å². The lowest BCUT2D eigenvalue weighted by molar-refractivity contribution is -0.401. The summed E-state index contributed by atoms with van der Waals surface area (Å²) in [6, 6.07) is 58.8. The Morgan fingerprint density at radius 3 is 1.54 bits per heavy atom. The van der Waals surface area contributed by atoms with Crippen LogP contribution in [0.1, 0.15) is 41.0 Å². The van der Waals surface area contributed by atoms with Gasteiger partial charge in [-0.1, -0.05) is 140 Å². The van der Waals surface area contributed by atoms with Crippen molar-refractivity contribution in [2.45, 2.75) is 26.2 Å². The predicted molar refractivity (Wildman–Crippen MR) is 236 cm³/mol. The van der Waals surface area contributed by atoms with Gasteiger partial charge in [-0.05, 0) is 51.1 Å². The second kappa shape index (κ2) is 16.2. The molecule has 6 aromatic carbocycles. The minimum atomic E-state index is -1.22. The number of esters is 1. The smallest absolute Gasteiger partial charge is 0.337 e. The number of hydrogen-bond acceptors (Lipinski definition) is 3. The monoisotopic (exact) mass is 749 g/mol. The first kappa shape index (κ1) is 38.5. The topological polar surface area (TPSA) is 56.2 Å². The Morgan fingerprint density at radius 2 is 1.11 bits per heavy atom. The highest BCUT2D eigenvalue weighted by atomic mass is 16.5. The molecule has 0 bridgehead atoms. The number of ether oxygens (including phenoxy) is 1. The molecule has 1 aliphatic heterocycles. The summed E-state index contributed by atoms with van der Waals surface area (Å²) >= 11 is 0. The number of fused-ring (bicyclic) bond motifs is 1. The summed E-state index contributed by atoms with van der Waals surface area (Å²) in [7, 11) is 5.28. The van der Waals surface area contributed by atoms with Crippen LogP contribution in [-0.4, -0.2) is 45.9 Å². The minimum absolute atomic E-state index is 0.0583. The van der Waals surface area contributed by atoms with Gasteiger partial charge < -0.3 is 4.74 Å². The number of hydrogen-bond donors (Lipinski definition) is 0. The summed E-state index contributed by atoms with van der Waals surface area (Å²) < 4.78 is 10.6. The fourth-order valence-corrected chi connectivity index (χ4v) is 8.65. The Balaban J connectivity index is 0.000000179. The molecule has 0 atom stereocenters. The molecule has 8 rings (SSSR count). The summed E-state index contributed by atoms with van der Waals surface area (Å²) in [5.74, 6) is -0.350. The summed E-state index contributed by atoms with van der Waals surface area (Å²) in [6.45, 7) is 6.19. The second-order valence-electron chi connectivity index (χ2n) is 15.1. The molecule has 2 heterocycles. The van der Waals surface area contributed by atoms with Gasteiger partial charge in [0.05, 0.1) is 29.3 Å². The average molecular weight is 750 g/mol. The lowest BCUT2D eigenvalue weighted by Crippen LogP contribution is -2.74. The molecule has 0 radical (unpaired) electrons. The van der Waals surface area contributed by atoms with E-state index in [9.17, 15) is 9.59 Å². The Morgan fingerprint density at radius 1 is 0.667 bits per heavy atom. The Labute approximate surface area is 335 Å². The van der Waals surface area contributed by atoms with Crippen molar-refractivity contribution in [2.24, 2.45) is 7.05 Å². The van der Waals surface area contributed by atoms with Gasteiger partial charge in [-0.3, -0.25) is 9.48 Å². The standard InChI is InChI=1S/C26H28N3O3.C24H20B/c1-17-20(24(30)29(28(17)5)19-10-8-7-9-11-19)13-15-23-26(2,3)21-16-18(25(31)32-6)12-14-22(21)27(23)4;1-5-13-21(14-6-1)25(22-15-7-2-8-16-22,23-17-9-3-10-18-23)24-19-11-4-12-20-24/h7-16H,1-6H3;1-20H/q+1;-1. The number of carbonyl (C=O) groups is 1. The Kier molecular flexibility index (Phi) is 10.9. The third kappa shape index (κ3) is 7.02. The van der Waals surface area contributed by atoms with Crippen LogP contribution in [0.4, 0.5) is 5.69 Å². The molecule has 0 aliphatic carbocycles. The highest BCUT2D eigenvalue weighted by Crippen LogP contribution is 2.40.